The second-order valence-corrected chi connectivity index (χ2v) is 20.4. The number of fused-ring (bicyclic) bond motifs is 2. The van der Waals surface area contributed by atoms with Gasteiger partial charge in [0, 0.05) is 35.1 Å². The van der Waals surface area contributed by atoms with Gasteiger partial charge in [0.15, 0.2) is 0 Å². The van der Waals surface area contributed by atoms with Crippen molar-refractivity contribution in [3.05, 3.63) is 117 Å². The molecule has 0 bridgehead atoms. The standard InChI is InChI=1S/C54H66O10/c1-33(2)36-29-40-46(50(57)63-48(40)42(30-36)53(6,7)8)34-17-21-38(22-18-34)59-25-27-61-44(55)15-13-12-14-16-45(56)62-28-26-60-39-23-19-35(20-24-39)47-41-31-37(52(3,4)5)32-43(54(9,10)11)49(41)64-51(47)58/h17-24,29-33,46-47H,12-16,25-28H2,1-11H3. The summed E-state index contributed by atoms with van der Waals surface area (Å²) >= 11 is 0. The highest BCUT2D eigenvalue weighted by molar-refractivity contribution is 5.91. The highest BCUT2D eigenvalue weighted by Gasteiger charge is 2.41. The van der Waals surface area contributed by atoms with Crippen LogP contribution in [0.1, 0.15) is 171 Å². The van der Waals surface area contributed by atoms with Crippen molar-refractivity contribution in [2.45, 2.75) is 142 Å². The molecule has 2 aliphatic heterocycles. The van der Waals surface area contributed by atoms with Gasteiger partial charge in [-0.3, -0.25) is 19.2 Å². The van der Waals surface area contributed by atoms with Crippen molar-refractivity contribution < 1.29 is 47.6 Å². The highest BCUT2D eigenvalue weighted by atomic mass is 16.6. The van der Waals surface area contributed by atoms with E-state index in [-0.39, 0.29) is 79.4 Å². The van der Waals surface area contributed by atoms with E-state index in [9.17, 15) is 19.2 Å². The molecule has 64 heavy (non-hydrogen) atoms. The van der Waals surface area contributed by atoms with Crippen LogP contribution in [0.2, 0.25) is 0 Å². The summed E-state index contributed by atoms with van der Waals surface area (Å²) in [6.07, 6.45) is 2.36. The van der Waals surface area contributed by atoms with E-state index in [1.165, 1.54) is 5.56 Å². The Morgan fingerprint density at radius 2 is 0.969 bits per heavy atom. The van der Waals surface area contributed by atoms with Crippen LogP contribution in [-0.2, 0) is 44.9 Å². The zero-order valence-corrected chi connectivity index (χ0v) is 39.6. The molecule has 10 heteroatoms. The maximum Gasteiger partial charge on any atom is 0.323 e. The van der Waals surface area contributed by atoms with Crippen LogP contribution in [0.5, 0.6) is 23.0 Å². The van der Waals surface area contributed by atoms with Gasteiger partial charge in [-0.05, 0) is 81.5 Å². The van der Waals surface area contributed by atoms with Crippen LogP contribution >= 0.6 is 0 Å². The van der Waals surface area contributed by atoms with E-state index >= 15 is 0 Å². The lowest BCUT2D eigenvalue weighted by Crippen LogP contribution is -2.17. The zero-order valence-electron chi connectivity index (χ0n) is 39.6. The van der Waals surface area contributed by atoms with Crippen molar-refractivity contribution in [1.82, 2.24) is 0 Å². The molecule has 10 nitrogen and oxygen atoms in total. The van der Waals surface area contributed by atoms with Gasteiger partial charge < -0.3 is 28.4 Å². The van der Waals surface area contributed by atoms with Crippen LogP contribution in [0, 0.1) is 0 Å². The molecule has 4 aromatic carbocycles. The van der Waals surface area contributed by atoms with Crippen molar-refractivity contribution in [1.29, 1.82) is 0 Å². The monoisotopic (exact) mass is 874 g/mol. The van der Waals surface area contributed by atoms with Gasteiger partial charge in [-0.1, -0.05) is 131 Å². The van der Waals surface area contributed by atoms with Gasteiger partial charge in [-0.2, -0.15) is 0 Å². The Labute approximate surface area is 379 Å². The predicted molar refractivity (Wildman–Crippen MR) is 247 cm³/mol. The summed E-state index contributed by atoms with van der Waals surface area (Å²) in [7, 11) is 0. The molecular weight excluding hydrogens is 809 g/mol. The molecule has 6 rings (SSSR count). The van der Waals surface area contributed by atoms with Crippen molar-refractivity contribution in [3.63, 3.8) is 0 Å². The first-order chi connectivity index (χ1) is 30.1. The van der Waals surface area contributed by atoms with Crippen molar-refractivity contribution in [3.8, 4) is 23.0 Å². The second kappa shape index (κ2) is 19.6. The summed E-state index contributed by atoms with van der Waals surface area (Å²) in [6.45, 7) is 24.2. The van der Waals surface area contributed by atoms with Crippen LogP contribution in [0.25, 0.3) is 0 Å². The van der Waals surface area contributed by atoms with E-state index in [2.05, 4.69) is 100 Å². The third kappa shape index (κ3) is 11.5. The largest absolute Gasteiger partial charge is 0.490 e. The molecule has 342 valence electrons. The normalized spacial score (nSPS) is 15.9. The van der Waals surface area contributed by atoms with Crippen LogP contribution in [-0.4, -0.2) is 50.3 Å². The molecule has 2 atom stereocenters. The Kier molecular flexibility index (Phi) is 14.7. The SMILES string of the molecule is CC(C)c1cc2c(c(C(C)(C)C)c1)OC(=O)C2c1ccc(OCCOC(=O)CCCCCC(=O)OCCOc2ccc(C3C(=O)Oc4c3cc(C(C)(C)C)cc4C(C)(C)C)cc2)cc1. The number of hydrogen-bond acceptors (Lipinski definition) is 10. The first-order valence-corrected chi connectivity index (χ1v) is 22.7. The molecule has 0 aliphatic carbocycles. The molecular formula is C54H66O10. The van der Waals surface area contributed by atoms with Gasteiger partial charge in [0.25, 0.3) is 0 Å². The molecule has 2 heterocycles. The minimum Gasteiger partial charge on any atom is -0.490 e. The third-order valence-corrected chi connectivity index (χ3v) is 11.8. The van der Waals surface area contributed by atoms with E-state index in [1.807, 2.05) is 48.5 Å². The van der Waals surface area contributed by atoms with Crippen molar-refractivity contribution in [2.75, 3.05) is 26.4 Å². The van der Waals surface area contributed by atoms with E-state index in [0.29, 0.717) is 48.2 Å². The number of ether oxygens (including phenoxy) is 6. The maximum absolute atomic E-state index is 13.2. The van der Waals surface area contributed by atoms with Gasteiger partial charge in [-0.25, -0.2) is 0 Å². The highest BCUT2D eigenvalue weighted by Crippen LogP contribution is 2.48. The van der Waals surface area contributed by atoms with Gasteiger partial charge in [0.05, 0.1) is 0 Å². The molecule has 2 aliphatic rings. The van der Waals surface area contributed by atoms with Gasteiger partial charge in [-0.15, -0.1) is 0 Å². The number of esters is 4. The van der Waals surface area contributed by atoms with E-state index < -0.39 is 11.8 Å². The Hall–Kier alpha value is -5.64. The number of unbranched alkanes of at least 4 members (excludes halogenated alkanes) is 2. The number of benzene rings is 4. The lowest BCUT2D eigenvalue weighted by Gasteiger charge is -2.27. The molecule has 0 N–H and O–H groups in total. The van der Waals surface area contributed by atoms with Gasteiger partial charge in [0.1, 0.15) is 61.3 Å². The Morgan fingerprint density at radius 3 is 1.38 bits per heavy atom. The fraction of sp³-hybridized carbons (Fsp3) is 0.481. The summed E-state index contributed by atoms with van der Waals surface area (Å²) in [6, 6.07) is 23.3. The van der Waals surface area contributed by atoms with Crippen molar-refractivity contribution >= 4 is 23.9 Å². The summed E-state index contributed by atoms with van der Waals surface area (Å²) in [5, 5.41) is 0. The minimum absolute atomic E-state index is 0.0968. The smallest absolute Gasteiger partial charge is 0.323 e. The summed E-state index contributed by atoms with van der Waals surface area (Å²) in [5.74, 6) is 0.605. The Morgan fingerprint density at radius 1 is 0.547 bits per heavy atom. The molecule has 0 spiro atoms. The van der Waals surface area contributed by atoms with E-state index in [1.54, 1.807) is 0 Å². The summed E-state index contributed by atoms with van der Waals surface area (Å²) < 4.78 is 34.1. The number of carbonyl (C=O) groups is 4. The quantitative estimate of drug-likeness (QED) is 0.0575. The number of carbonyl (C=O) groups excluding carboxylic acids is 4. The van der Waals surface area contributed by atoms with Crippen LogP contribution in [0.4, 0.5) is 0 Å². The first-order valence-electron chi connectivity index (χ1n) is 22.7. The van der Waals surface area contributed by atoms with Gasteiger partial charge in [0.2, 0.25) is 0 Å². The molecule has 2 unspecified atom stereocenters. The molecule has 0 saturated carbocycles. The average Bonchev–Trinajstić information content (AvgIpc) is 3.74. The summed E-state index contributed by atoms with van der Waals surface area (Å²) in [4.78, 5) is 51.0. The summed E-state index contributed by atoms with van der Waals surface area (Å²) in [5.41, 5.74) is 7.36. The second-order valence-electron chi connectivity index (χ2n) is 20.4. The maximum atomic E-state index is 13.2. The molecule has 0 radical (unpaired) electrons. The zero-order chi connectivity index (χ0) is 46.6. The fourth-order valence-electron chi connectivity index (χ4n) is 8.07. The van der Waals surface area contributed by atoms with Crippen LogP contribution < -0.4 is 18.9 Å². The topological polar surface area (TPSA) is 124 Å². The lowest BCUT2D eigenvalue weighted by molar-refractivity contribution is -0.144. The number of hydrogen-bond donors (Lipinski definition) is 0. The Balaban J connectivity index is 0.850. The molecule has 0 aromatic heterocycles. The molecule has 0 saturated heterocycles. The van der Waals surface area contributed by atoms with E-state index in [4.69, 9.17) is 28.4 Å². The lowest BCUT2D eigenvalue weighted by atomic mass is 9.77. The Bertz CT molecular complexity index is 2320. The number of rotatable bonds is 17. The molecule has 0 fully saturated rings. The molecule has 4 aromatic rings. The minimum atomic E-state index is -0.524. The first kappa shape index (κ1) is 47.8. The van der Waals surface area contributed by atoms with Crippen molar-refractivity contribution in [2.24, 2.45) is 0 Å². The fourth-order valence-corrected chi connectivity index (χ4v) is 8.07. The van der Waals surface area contributed by atoms with Gasteiger partial charge >= 0.3 is 23.9 Å². The average molecular weight is 875 g/mol. The third-order valence-electron chi connectivity index (χ3n) is 11.8. The molecule has 0 amide bonds. The van der Waals surface area contributed by atoms with Crippen LogP contribution in [0.15, 0.2) is 72.8 Å². The van der Waals surface area contributed by atoms with Crippen LogP contribution in [0.3, 0.4) is 0 Å². The van der Waals surface area contributed by atoms with E-state index in [0.717, 1.165) is 38.9 Å². The predicted octanol–water partition coefficient (Wildman–Crippen LogP) is 11.3.